The van der Waals surface area contributed by atoms with Crippen LogP contribution in [0.4, 0.5) is 14.5 Å². The molecule has 0 fully saturated rings. The molecule has 4 nitrogen and oxygen atoms in total. The van der Waals surface area contributed by atoms with Crippen LogP contribution in [0.3, 0.4) is 0 Å². The summed E-state index contributed by atoms with van der Waals surface area (Å²) in [6, 6.07) is 1.30. The largest absolute Gasteiger partial charge is 0.469 e. The molecule has 0 aliphatic heterocycles. The fourth-order valence-electron chi connectivity index (χ4n) is 1.11. The van der Waals surface area contributed by atoms with Crippen LogP contribution in [-0.4, -0.2) is 18.1 Å². The molecule has 0 unspecified atom stereocenters. The summed E-state index contributed by atoms with van der Waals surface area (Å²) in [7, 11) is 1.18. The number of ether oxygens (including phenoxy) is 1. The average Bonchev–Trinajstić information content (AvgIpc) is 2.17. The third-order valence-corrected chi connectivity index (χ3v) is 1.79. The Bertz CT molecular complexity index is 369. The van der Waals surface area contributed by atoms with Gasteiger partial charge in [-0.2, -0.15) is 0 Å². The van der Waals surface area contributed by atoms with Crippen LogP contribution in [0.5, 0.6) is 0 Å². The van der Waals surface area contributed by atoms with Crippen LogP contribution < -0.4 is 5.73 Å². The molecule has 0 saturated carbocycles. The molecule has 0 bridgehead atoms. The second-order valence-corrected chi connectivity index (χ2v) is 2.87. The van der Waals surface area contributed by atoms with Crippen LogP contribution in [0.2, 0.25) is 0 Å². The van der Waals surface area contributed by atoms with Crippen molar-refractivity contribution in [3.63, 3.8) is 0 Å². The van der Waals surface area contributed by atoms with Gasteiger partial charge in [-0.1, -0.05) is 0 Å². The number of hydrogen-bond acceptors (Lipinski definition) is 4. The molecule has 1 heterocycles. The Morgan fingerprint density at radius 3 is 2.87 bits per heavy atom. The van der Waals surface area contributed by atoms with E-state index in [-0.39, 0.29) is 17.7 Å². The number of esters is 1. The minimum Gasteiger partial charge on any atom is -0.469 e. The summed E-state index contributed by atoms with van der Waals surface area (Å²) in [5.41, 5.74) is 5.28. The van der Waals surface area contributed by atoms with Crippen molar-refractivity contribution in [2.75, 3.05) is 12.8 Å². The summed E-state index contributed by atoms with van der Waals surface area (Å²) >= 11 is 0. The number of anilines is 1. The molecule has 1 aromatic heterocycles. The maximum absolute atomic E-state index is 12.5. The number of carbonyl (C=O) groups excluding carboxylic acids is 1. The summed E-state index contributed by atoms with van der Waals surface area (Å²) in [5, 5.41) is 0. The van der Waals surface area contributed by atoms with Gasteiger partial charge >= 0.3 is 5.97 Å². The maximum Gasteiger partial charge on any atom is 0.310 e. The second kappa shape index (κ2) is 4.68. The van der Waals surface area contributed by atoms with Gasteiger partial charge in [0.1, 0.15) is 5.69 Å². The average molecular weight is 216 g/mol. The molecule has 0 atom stereocenters. The SMILES string of the molecule is COC(=O)Cc1cc(N)cnc1C(F)F. The number of carbonyl (C=O) groups is 1. The van der Waals surface area contributed by atoms with Gasteiger partial charge in [0, 0.05) is 0 Å². The van der Waals surface area contributed by atoms with Crippen molar-refractivity contribution in [1.29, 1.82) is 0 Å². The topological polar surface area (TPSA) is 65.2 Å². The van der Waals surface area contributed by atoms with E-state index in [9.17, 15) is 13.6 Å². The van der Waals surface area contributed by atoms with E-state index in [1.54, 1.807) is 0 Å². The number of methoxy groups -OCH3 is 1. The smallest absolute Gasteiger partial charge is 0.310 e. The molecule has 82 valence electrons. The molecule has 0 aliphatic rings. The third kappa shape index (κ3) is 2.87. The Labute approximate surface area is 85.1 Å². The number of alkyl halides is 2. The number of pyridine rings is 1. The van der Waals surface area contributed by atoms with E-state index < -0.39 is 18.1 Å². The fraction of sp³-hybridized carbons (Fsp3) is 0.333. The molecule has 0 aromatic carbocycles. The quantitative estimate of drug-likeness (QED) is 0.774. The van der Waals surface area contributed by atoms with Crippen molar-refractivity contribution in [3.8, 4) is 0 Å². The van der Waals surface area contributed by atoms with Crippen molar-refractivity contribution in [1.82, 2.24) is 4.98 Å². The van der Waals surface area contributed by atoms with E-state index >= 15 is 0 Å². The highest BCUT2D eigenvalue weighted by Gasteiger charge is 2.17. The van der Waals surface area contributed by atoms with Crippen LogP contribution in [0, 0.1) is 0 Å². The molecule has 0 spiro atoms. The van der Waals surface area contributed by atoms with Gasteiger partial charge in [-0.15, -0.1) is 0 Å². The van der Waals surface area contributed by atoms with Gasteiger partial charge in [0.05, 0.1) is 25.4 Å². The molecular weight excluding hydrogens is 206 g/mol. The zero-order valence-corrected chi connectivity index (χ0v) is 8.04. The van der Waals surface area contributed by atoms with E-state index in [0.29, 0.717) is 0 Å². The van der Waals surface area contributed by atoms with Crippen molar-refractivity contribution in [3.05, 3.63) is 23.5 Å². The number of nitrogen functional groups attached to an aromatic ring is 1. The van der Waals surface area contributed by atoms with E-state index in [1.807, 2.05) is 0 Å². The second-order valence-electron chi connectivity index (χ2n) is 2.87. The Morgan fingerprint density at radius 2 is 2.33 bits per heavy atom. The molecule has 1 aromatic rings. The fourth-order valence-corrected chi connectivity index (χ4v) is 1.11. The van der Waals surface area contributed by atoms with Crippen LogP contribution in [0.1, 0.15) is 17.7 Å². The molecule has 15 heavy (non-hydrogen) atoms. The first-order valence-corrected chi connectivity index (χ1v) is 4.14. The van der Waals surface area contributed by atoms with Crippen molar-refractivity contribution in [2.45, 2.75) is 12.8 Å². The van der Waals surface area contributed by atoms with Gasteiger partial charge in [-0.25, -0.2) is 8.78 Å². The van der Waals surface area contributed by atoms with Crippen LogP contribution in [0.25, 0.3) is 0 Å². The molecule has 1 rings (SSSR count). The summed E-state index contributed by atoms with van der Waals surface area (Å²) in [6.07, 6.45) is -1.86. The van der Waals surface area contributed by atoms with E-state index in [1.165, 1.54) is 13.2 Å². The first-order valence-electron chi connectivity index (χ1n) is 4.14. The predicted octanol–water partition coefficient (Wildman–Crippen LogP) is 1.32. The maximum atomic E-state index is 12.5. The molecular formula is C9H10F2N2O2. The lowest BCUT2D eigenvalue weighted by Crippen LogP contribution is -2.09. The summed E-state index contributed by atoms with van der Waals surface area (Å²) in [5.74, 6) is -0.607. The van der Waals surface area contributed by atoms with Crippen molar-refractivity contribution in [2.24, 2.45) is 0 Å². The first-order chi connectivity index (χ1) is 7.04. The normalized spacial score (nSPS) is 10.4. The standard InChI is InChI=1S/C9H10F2N2O2/c1-15-7(14)3-5-2-6(12)4-13-8(5)9(10)11/h2,4,9H,3,12H2,1H3. The highest BCUT2D eigenvalue weighted by Crippen LogP contribution is 2.22. The van der Waals surface area contributed by atoms with E-state index in [4.69, 9.17) is 5.73 Å². The van der Waals surface area contributed by atoms with Gasteiger partial charge in [-0.3, -0.25) is 9.78 Å². The highest BCUT2D eigenvalue weighted by molar-refractivity contribution is 5.73. The van der Waals surface area contributed by atoms with E-state index in [2.05, 4.69) is 9.72 Å². The molecule has 6 heteroatoms. The van der Waals surface area contributed by atoms with Crippen molar-refractivity contribution >= 4 is 11.7 Å². The number of nitrogens with two attached hydrogens (primary N) is 1. The number of halogens is 2. The van der Waals surface area contributed by atoms with Crippen molar-refractivity contribution < 1.29 is 18.3 Å². The zero-order valence-electron chi connectivity index (χ0n) is 8.04. The van der Waals surface area contributed by atoms with Gasteiger partial charge < -0.3 is 10.5 Å². The lowest BCUT2D eigenvalue weighted by Gasteiger charge is -2.07. The molecule has 2 N–H and O–H groups in total. The summed E-state index contributed by atoms with van der Waals surface area (Å²) < 4.78 is 29.3. The van der Waals surface area contributed by atoms with Crippen LogP contribution in [-0.2, 0) is 16.0 Å². The van der Waals surface area contributed by atoms with Gasteiger partial charge in [0.2, 0.25) is 0 Å². The molecule has 0 saturated heterocycles. The Hall–Kier alpha value is -1.72. The minimum absolute atomic E-state index is 0.0943. The minimum atomic E-state index is -2.73. The molecule has 0 amide bonds. The van der Waals surface area contributed by atoms with Crippen LogP contribution in [0.15, 0.2) is 12.3 Å². The Kier molecular flexibility index (Phi) is 3.54. The predicted molar refractivity (Wildman–Crippen MR) is 49.3 cm³/mol. The highest BCUT2D eigenvalue weighted by atomic mass is 19.3. The lowest BCUT2D eigenvalue weighted by atomic mass is 10.1. The molecule has 0 aliphatic carbocycles. The number of aromatic nitrogens is 1. The van der Waals surface area contributed by atoms with Gasteiger partial charge in [0.15, 0.2) is 0 Å². The first kappa shape index (κ1) is 11.4. The Morgan fingerprint density at radius 1 is 1.67 bits per heavy atom. The molecule has 0 radical (unpaired) electrons. The number of hydrogen-bond donors (Lipinski definition) is 1. The van der Waals surface area contributed by atoms with Gasteiger partial charge in [-0.05, 0) is 11.6 Å². The lowest BCUT2D eigenvalue weighted by molar-refractivity contribution is -0.139. The summed E-state index contributed by atoms with van der Waals surface area (Å²) in [6.45, 7) is 0. The van der Waals surface area contributed by atoms with E-state index in [0.717, 1.165) is 6.20 Å². The summed E-state index contributed by atoms with van der Waals surface area (Å²) in [4.78, 5) is 14.4. The Balaban J connectivity index is 3.02. The number of rotatable bonds is 3. The third-order valence-electron chi connectivity index (χ3n) is 1.79. The van der Waals surface area contributed by atoms with Crippen LogP contribution >= 0.6 is 0 Å². The van der Waals surface area contributed by atoms with Gasteiger partial charge in [0.25, 0.3) is 6.43 Å². The number of nitrogens with zero attached hydrogens (tertiary/aromatic N) is 1. The zero-order chi connectivity index (χ0) is 11.4. The monoisotopic (exact) mass is 216 g/mol.